The van der Waals surface area contributed by atoms with Crippen LogP contribution >= 0.6 is 0 Å². The van der Waals surface area contributed by atoms with E-state index in [1.807, 2.05) is 0 Å². The lowest BCUT2D eigenvalue weighted by atomic mass is 10.1. The summed E-state index contributed by atoms with van der Waals surface area (Å²) < 4.78 is 8.88. The lowest BCUT2D eigenvalue weighted by Crippen LogP contribution is -2.40. The molecule has 0 rings (SSSR count). The van der Waals surface area contributed by atoms with Crippen molar-refractivity contribution in [1.29, 1.82) is 0 Å². The van der Waals surface area contributed by atoms with Crippen molar-refractivity contribution in [2.45, 2.75) is 38.3 Å². The summed E-state index contributed by atoms with van der Waals surface area (Å²) in [6, 6.07) is -0.766. The van der Waals surface area contributed by atoms with Crippen LogP contribution in [0.25, 0.3) is 0 Å². The summed E-state index contributed by atoms with van der Waals surface area (Å²) in [5.41, 5.74) is 0. The van der Waals surface area contributed by atoms with Crippen LogP contribution in [0.5, 0.6) is 0 Å². The third-order valence-electron chi connectivity index (χ3n) is 2.31. The van der Waals surface area contributed by atoms with Gasteiger partial charge in [0, 0.05) is 6.92 Å². The maximum Gasteiger partial charge on any atom is 0.334 e. The minimum atomic E-state index is -1.22. The molecule has 2 N–H and O–H groups in total. The van der Waals surface area contributed by atoms with Crippen molar-refractivity contribution < 1.29 is 29.0 Å². The van der Waals surface area contributed by atoms with E-state index < -0.39 is 24.1 Å². The van der Waals surface area contributed by atoms with Gasteiger partial charge in [0.05, 0.1) is 14.2 Å². The first-order valence-corrected chi connectivity index (χ1v) is 5.53. The third-order valence-corrected chi connectivity index (χ3v) is 2.31. The highest BCUT2D eigenvalue weighted by atomic mass is 16.5. The molecule has 104 valence electrons. The smallest absolute Gasteiger partial charge is 0.334 e. The highest BCUT2D eigenvalue weighted by Crippen LogP contribution is 2.07. The molecule has 1 amide bonds. The third kappa shape index (κ3) is 6.19. The molecule has 7 nitrogen and oxygen atoms in total. The number of methoxy groups -OCH3 is 2. The van der Waals surface area contributed by atoms with E-state index in [-0.39, 0.29) is 18.7 Å². The standard InChI is InChI=1S/C11H19NO6/c1-7(13)12-8(10(15)17-2)5-4-6-9(14)11(16)18-3/h8-9,14H,4-6H2,1-3H3,(H,12,13)/t8-,9+/m0/s1. The number of rotatable bonds is 7. The van der Waals surface area contributed by atoms with Crippen molar-refractivity contribution in [3.05, 3.63) is 0 Å². The summed E-state index contributed by atoms with van der Waals surface area (Å²) in [5.74, 6) is -1.62. The van der Waals surface area contributed by atoms with Crippen molar-refractivity contribution >= 4 is 17.8 Å². The minimum absolute atomic E-state index is 0.153. The molecule has 0 aromatic rings. The van der Waals surface area contributed by atoms with E-state index in [0.29, 0.717) is 6.42 Å². The molecule has 0 fully saturated rings. The quantitative estimate of drug-likeness (QED) is 0.591. The first kappa shape index (κ1) is 16.4. The molecular weight excluding hydrogens is 242 g/mol. The van der Waals surface area contributed by atoms with Gasteiger partial charge in [-0.05, 0) is 19.3 Å². The Morgan fingerprint density at radius 2 is 1.67 bits per heavy atom. The van der Waals surface area contributed by atoms with E-state index in [0.717, 1.165) is 0 Å². The van der Waals surface area contributed by atoms with Crippen LogP contribution in [0.2, 0.25) is 0 Å². The summed E-state index contributed by atoms with van der Waals surface area (Å²) in [7, 11) is 2.40. The molecule has 0 bridgehead atoms. The Balaban J connectivity index is 4.15. The zero-order valence-electron chi connectivity index (χ0n) is 10.8. The SMILES string of the molecule is COC(=O)[C@H](O)CCC[C@H](NC(C)=O)C(=O)OC. The zero-order valence-corrected chi connectivity index (χ0v) is 10.8. The Morgan fingerprint density at radius 1 is 1.11 bits per heavy atom. The van der Waals surface area contributed by atoms with Gasteiger partial charge in [0.1, 0.15) is 6.04 Å². The van der Waals surface area contributed by atoms with Crippen molar-refractivity contribution in [2.75, 3.05) is 14.2 Å². The van der Waals surface area contributed by atoms with E-state index in [1.54, 1.807) is 0 Å². The van der Waals surface area contributed by atoms with E-state index in [1.165, 1.54) is 21.1 Å². The molecule has 7 heteroatoms. The molecule has 0 radical (unpaired) electrons. The average molecular weight is 261 g/mol. The minimum Gasteiger partial charge on any atom is -0.467 e. The number of amides is 1. The second kappa shape index (κ2) is 8.46. The maximum absolute atomic E-state index is 11.3. The average Bonchev–Trinajstić information content (AvgIpc) is 2.34. The molecule has 0 saturated carbocycles. The van der Waals surface area contributed by atoms with Crippen LogP contribution in [0.3, 0.4) is 0 Å². The number of esters is 2. The first-order valence-electron chi connectivity index (χ1n) is 5.53. The molecule has 0 heterocycles. The van der Waals surface area contributed by atoms with E-state index >= 15 is 0 Å². The maximum atomic E-state index is 11.3. The molecule has 2 atom stereocenters. The second-order valence-corrected chi connectivity index (χ2v) is 3.75. The number of hydrogen-bond acceptors (Lipinski definition) is 6. The fourth-order valence-electron chi connectivity index (χ4n) is 1.41. The van der Waals surface area contributed by atoms with Crippen molar-refractivity contribution in [3.8, 4) is 0 Å². The van der Waals surface area contributed by atoms with E-state index in [9.17, 15) is 19.5 Å². The molecule has 18 heavy (non-hydrogen) atoms. The van der Waals surface area contributed by atoms with Crippen molar-refractivity contribution in [1.82, 2.24) is 5.32 Å². The van der Waals surface area contributed by atoms with E-state index in [2.05, 4.69) is 14.8 Å². The fourth-order valence-corrected chi connectivity index (χ4v) is 1.41. The molecule has 0 aliphatic heterocycles. The van der Waals surface area contributed by atoms with E-state index in [4.69, 9.17) is 0 Å². The summed E-state index contributed by atoms with van der Waals surface area (Å²) in [5, 5.41) is 11.8. The largest absolute Gasteiger partial charge is 0.467 e. The molecule has 0 aliphatic rings. The molecule has 0 unspecified atom stereocenters. The van der Waals surface area contributed by atoms with Gasteiger partial charge >= 0.3 is 11.9 Å². The molecular formula is C11H19NO6. The Labute approximate surface area is 105 Å². The fraction of sp³-hybridized carbons (Fsp3) is 0.727. The normalized spacial score (nSPS) is 13.3. The van der Waals surface area contributed by atoms with Gasteiger partial charge in [-0.15, -0.1) is 0 Å². The number of nitrogens with one attached hydrogen (secondary N) is 1. The van der Waals surface area contributed by atoms with Gasteiger partial charge in [0.25, 0.3) is 0 Å². The van der Waals surface area contributed by atoms with Crippen LogP contribution < -0.4 is 5.32 Å². The monoisotopic (exact) mass is 261 g/mol. The van der Waals surface area contributed by atoms with Gasteiger partial charge in [-0.25, -0.2) is 9.59 Å². The highest BCUT2D eigenvalue weighted by Gasteiger charge is 2.21. The van der Waals surface area contributed by atoms with Gasteiger partial charge in [0.15, 0.2) is 6.10 Å². The van der Waals surface area contributed by atoms with Gasteiger partial charge in [-0.1, -0.05) is 0 Å². The van der Waals surface area contributed by atoms with Crippen molar-refractivity contribution in [3.63, 3.8) is 0 Å². The summed E-state index contributed by atoms with van der Waals surface area (Å²) >= 11 is 0. The van der Waals surface area contributed by atoms with Crippen LogP contribution in [-0.2, 0) is 23.9 Å². The Morgan fingerprint density at radius 3 is 2.11 bits per heavy atom. The van der Waals surface area contributed by atoms with Crippen LogP contribution in [0, 0.1) is 0 Å². The number of aliphatic hydroxyl groups excluding tert-OH is 1. The number of carbonyl (C=O) groups excluding carboxylic acids is 3. The Hall–Kier alpha value is -1.63. The molecule has 0 saturated heterocycles. The predicted octanol–water partition coefficient (Wildman–Crippen LogP) is -0.632. The Kier molecular flexibility index (Phi) is 7.69. The predicted molar refractivity (Wildman–Crippen MR) is 61.5 cm³/mol. The number of aliphatic hydroxyl groups is 1. The highest BCUT2D eigenvalue weighted by molar-refractivity contribution is 5.83. The van der Waals surface area contributed by atoms with Gasteiger partial charge in [-0.2, -0.15) is 0 Å². The zero-order chi connectivity index (χ0) is 14.1. The molecule has 0 aliphatic carbocycles. The topological polar surface area (TPSA) is 102 Å². The van der Waals surface area contributed by atoms with Crippen LogP contribution in [0.4, 0.5) is 0 Å². The molecule has 0 spiro atoms. The molecule has 0 aromatic carbocycles. The van der Waals surface area contributed by atoms with Gasteiger partial charge in [0.2, 0.25) is 5.91 Å². The lowest BCUT2D eigenvalue weighted by Gasteiger charge is -2.15. The number of hydrogen-bond donors (Lipinski definition) is 2. The number of ether oxygens (including phenoxy) is 2. The lowest BCUT2D eigenvalue weighted by molar-refractivity contribution is -0.150. The summed E-state index contributed by atoms with van der Waals surface area (Å²) in [6.45, 7) is 1.29. The van der Waals surface area contributed by atoms with Gasteiger partial charge < -0.3 is 19.9 Å². The molecule has 0 aromatic heterocycles. The second-order valence-electron chi connectivity index (χ2n) is 3.75. The first-order chi connectivity index (χ1) is 8.42. The Bertz CT molecular complexity index is 304. The number of carbonyl (C=O) groups is 3. The summed E-state index contributed by atoms with van der Waals surface area (Å²) in [6.07, 6.45) is -0.415. The van der Waals surface area contributed by atoms with Gasteiger partial charge in [-0.3, -0.25) is 4.79 Å². The summed E-state index contributed by atoms with van der Waals surface area (Å²) in [4.78, 5) is 33.1. The van der Waals surface area contributed by atoms with Crippen molar-refractivity contribution in [2.24, 2.45) is 0 Å². The van der Waals surface area contributed by atoms with Crippen LogP contribution in [0.15, 0.2) is 0 Å². The van der Waals surface area contributed by atoms with Crippen LogP contribution in [0.1, 0.15) is 26.2 Å². The van der Waals surface area contributed by atoms with Crippen LogP contribution in [-0.4, -0.2) is 49.3 Å².